The first kappa shape index (κ1) is 11.1. The average molecular weight is 230 g/mol. The van der Waals surface area contributed by atoms with Crippen molar-refractivity contribution in [2.45, 2.75) is 45.3 Å². The molecule has 2 heteroatoms. The zero-order chi connectivity index (χ0) is 11.8. The molecular weight excluding hydrogens is 208 g/mol. The molecule has 4 rings (SSSR count). The Hall–Kier alpha value is -1.02. The molecular formula is C15H22N2. The van der Waals surface area contributed by atoms with E-state index < -0.39 is 0 Å². The minimum atomic E-state index is 0.567. The molecule has 0 spiro atoms. The molecule has 0 saturated carbocycles. The van der Waals surface area contributed by atoms with Crippen LogP contribution in [0, 0.1) is 6.92 Å². The highest BCUT2D eigenvalue weighted by atomic mass is 15.4. The molecule has 3 saturated heterocycles. The summed E-state index contributed by atoms with van der Waals surface area (Å²) in [5, 5.41) is 0. The van der Waals surface area contributed by atoms with E-state index >= 15 is 0 Å². The van der Waals surface area contributed by atoms with Crippen molar-refractivity contribution in [3.8, 4) is 0 Å². The van der Waals surface area contributed by atoms with Crippen molar-refractivity contribution in [2.75, 3.05) is 18.0 Å². The summed E-state index contributed by atoms with van der Waals surface area (Å²) in [5.74, 6) is 0. The van der Waals surface area contributed by atoms with Crippen LogP contribution in [0.4, 0.5) is 5.69 Å². The molecule has 2 unspecified atom stereocenters. The van der Waals surface area contributed by atoms with Crippen molar-refractivity contribution in [1.82, 2.24) is 4.90 Å². The van der Waals surface area contributed by atoms with Gasteiger partial charge in [0.05, 0.1) is 6.17 Å². The van der Waals surface area contributed by atoms with E-state index in [9.17, 15) is 0 Å². The number of rotatable bonds is 1. The number of aryl methyl sites for hydroxylation is 1. The summed E-state index contributed by atoms with van der Waals surface area (Å²) in [5.41, 5.74) is 2.85. The van der Waals surface area contributed by atoms with Crippen LogP contribution in [0.1, 0.15) is 31.7 Å². The van der Waals surface area contributed by atoms with Gasteiger partial charge >= 0.3 is 0 Å². The predicted octanol–water partition coefficient (Wildman–Crippen LogP) is 3.02. The molecule has 0 N–H and O–H groups in total. The lowest BCUT2D eigenvalue weighted by Gasteiger charge is -2.46. The lowest BCUT2D eigenvalue weighted by molar-refractivity contribution is 0.177. The highest BCUT2D eigenvalue weighted by Crippen LogP contribution is 2.34. The van der Waals surface area contributed by atoms with Gasteiger partial charge in [-0.1, -0.05) is 18.2 Å². The lowest BCUT2D eigenvalue weighted by Crippen LogP contribution is -2.55. The molecule has 3 fully saturated rings. The zero-order valence-electron chi connectivity index (χ0n) is 10.9. The van der Waals surface area contributed by atoms with Crippen LogP contribution in [0.15, 0.2) is 24.3 Å². The van der Waals surface area contributed by atoms with Crippen molar-refractivity contribution in [2.24, 2.45) is 0 Å². The van der Waals surface area contributed by atoms with Crippen LogP contribution in [-0.4, -0.2) is 30.2 Å². The maximum Gasteiger partial charge on any atom is 0.0795 e. The van der Waals surface area contributed by atoms with Crippen LogP contribution in [0.5, 0.6) is 0 Å². The largest absolute Gasteiger partial charge is 0.353 e. The number of hydrogen-bond acceptors (Lipinski definition) is 2. The number of benzene rings is 1. The molecule has 3 aliphatic heterocycles. The molecule has 0 radical (unpaired) electrons. The van der Waals surface area contributed by atoms with Crippen LogP contribution in [0.2, 0.25) is 0 Å². The summed E-state index contributed by atoms with van der Waals surface area (Å²) in [7, 11) is 0. The second kappa shape index (κ2) is 4.34. The van der Waals surface area contributed by atoms with E-state index in [2.05, 4.69) is 47.9 Å². The zero-order valence-corrected chi connectivity index (χ0v) is 10.9. The molecule has 17 heavy (non-hydrogen) atoms. The topological polar surface area (TPSA) is 6.48 Å². The first-order chi connectivity index (χ1) is 8.27. The second-order valence-electron chi connectivity index (χ2n) is 5.45. The molecule has 3 atom stereocenters. The highest BCUT2D eigenvalue weighted by Gasteiger charge is 2.35. The van der Waals surface area contributed by atoms with Gasteiger partial charge in [-0.2, -0.15) is 0 Å². The third-order valence-electron chi connectivity index (χ3n) is 4.45. The maximum atomic E-state index is 2.66. The monoisotopic (exact) mass is 230 g/mol. The molecule has 3 aliphatic rings. The normalized spacial score (nSPS) is 32.6. The molecule has 3 heterocycles. The number of fused-ring (bicyclic) bond motifs is 4. The molecule has 92 valence electrons. The molecule has 1 aromatic rings. The van der Waals surface area contributed by atoms with Gasteiger partial charge in [0.25, 0.3) is 0 Å². The quantitative estimate of drug-likeness (QED) is 0.731. The minimum absolute atomic E-state index is 0.567. The Kier molecular flexibility index (Phi) is 2.83. The Labute approximate surface area is 104 Å². The summed E-state index contributed by atoms with van der Waals surface area (Å²) >= 11 is 0. The first-order valence-electron chi connectivity index (χ1n) is 6.85. The lowest BCUT2D eigenvalue weighted by atomic mass is 10.0. The van der Waals surface area contributed by atoms with E-state index in [0.29, 0.717) is 6.17 Å². The number of hydrogen-bond donors (Lipinski definition) is 0. The van der Waals surface area contributed by atoms with E-state index in [1.54, 1.807) is 0 Å². The SMILES string of the molecule is Cc1ccccc1N1C2CCCN(CC2)[C@@H]1C. The van der Waals surface area contributed by atoms with Gasteiger partial charge in [-0.05, 0) is 44.7 Å². The number of para-hydroxylation sites is 1. The van der Waals surface area contributed by atoms with Crippen LogP contribution < -0.4 is 4.90 Å². The number of anilines is 1. The van der Waals surface area contributed by atoms with Crippen molar-refractivity contribution in [1.29, 1.82) is 0 Å². The Morgan fingerprint density at radius 2 is 1.94 bits per heavy atom. The highest BCUT2D eigenvalue weighted by molar-refractivity contribution is 5.55. The Balaban J connectivity index is 1.99. The Morgan fingerprint density at radius 3 is 2.76 bits per heavy atom. The van der Waals surface area contributed by atoms with Crippen molar-refractivity contribution < 1.29 is 0 Å². The fraction of sp³-hybridized carbons (Fsp3) is 0.600. The minimum Gasteiger partial charge on any atom is -0.353 e. The van der Waals surface area contributed by atoms with Gasteiger partial charge in [0.15, 0.2) is 0 Å². The van der Waals surface area contributed by atoms with Crippen LogP contribution in [-0.2, 0) is 0 Å². The molecule has 0 aromatic heterocycles. The predicted molar refractivity (Wildman–Crippen MR) is 72.3 cm³/mol. The van der Waals surface area contributed by atoms with Gasteiger partial charge in [0, 0.05) is 24.8 Å². The molecule has 0 amide bonds. The van der Waals surface area contributed by atoms with Crippen LogP contribution >= 0.6 is 0 Å². The van der Waals surface area contributed by atoms with Crippen molar-refractivity contribution >= 4 is 5.69 Å². The Morgan fingerprint density at radius 1 is 1.12 bits per heavy atom. The standard InChI is InChI=1S/C15H22N2/c1-12-6-3-4-8-15(12)17-13(2)16-10-5-7-14(17)9-11-16/h3-4,6,8,13-14H,5,7,9-11H2,1-2H3/t13-,14?/m0/s1. The summed E-state index contributed by atoms with van der Waals surface area (Å²) in [4.78, 5) is 5.29. The first-order valence-corrected chi connectivity index (χ1v) is 6.85. The summed E-state index contributed by atoms with van der Waals surface area (Å²) in [6, 6.07) is 9.58. The number of nitrogens with zero attached hydrogens (tertiary/aromatic N) is 2. The summed E-state index contributed by atoms with van der Waals surface area (Å²) < 4.78 is 0. The second-order valence-corrected chi connectivity index (χ2v) is 5.45. The van der Waals surface area contributed by atoms with Crippen molar-refractivity contribution in [3.63, 3.8) is 0 Å². The van der Waals surface area contributed by atoms with Gasteiger partial charge in [0.2, 0.25) is 0 Å². The summed E-state index contributed by atoms with van der Waals surface area (Å²) in [6.45, 7) is 7.16. The van der Waals surface area contributed by atoms with Crippen LogP contribution in [0.25, 0.3) is 0 Å². The van der Waals surface area contributed by atoms with Gasteiger partial charge < -0.3 is 4.90 Å². The van der Waals surface area contributed by atoms with Gasteiger partial charge in [0.1, 0.15) is 0 Å². The third kappa shape index (κ3) is 1.85. The average Bonchev–Trinajstić information content (AvgIpc) is 2.64. The van der Waals surface area contributed by atoms with Crippen LogP contribution in [0.3, 0.4) is 0 Å². The van der Waals surface area contributed by atoms with Gasteiger partial charge in [-0.15, -0.1) is 0 Å². The van der Waals surface area contributed by atoms with E-state index in [-0.39, 0.29) is 0 Å². The molecule has 2 nitrogen and oxygen atoms in total. The smallest absolute Gasteiger partial charge is 0.0795 e. The van der Waals surface area contributed by atoms with E-state index in [0.717, 1.165) is 6.04 Å². The van der Waals surface area contributed by atoms with E-state index in [1.807, 2.05) is 0 Å². The third-order valence-corrected chi connectivity index (χ3v) is 4.45. The fourth-order valence-electron chi connectivity index (χ4n) is 3.48. The molecule has 2 bridgehead atoms. The van der Waals surface area contributed by atoms with E-state index in [1.165, 1.54) is 43.6 Å². The Bertz CT molecular complexity index is 396. The molecule has 0 aliphatic carbocycles. The van der Waals surface area contributed by atoms with Gasteiger partial charge in [-0.25, -0.2) is 0 Å². The molecule has 1 aromatic carbocycles. The van der Waals surface area contributed by atoms with E-state index in [4.69, 9.17) is 0 Å². The fourth-order valence-corrected chi connectivity index (χ4v) is 3.48. The van der Waals surface area contributed by atoms with Gasteiger partial charge in [-0.3, -0.25) is 4.90 Å². The van der Waals surface area contributed by atoms with Crippen molar-refractivity contribution in [3.05, 3.63) is 29.8 Å². The maximum absolute atomic E-state index is 2.66. The summed E-state index contributed by atoms with van der Waals surface area (Å²) in [6.07, 6.45) is 4.61.